The Bertz CT molecular complexity index is 1200. The fraction of sp³-hybridized carbons (Fsp3) is 0.154. The maximum atomic E-state index is 13.4. The van der Waals surface area contributed by atoms with Gasteiger partial charge in [0.15, 0.2) is 0 Å². The summed E-state index contributed by atoms with van der Waals surface area (Å²) in [4.78, 5) is 25.2. The molecule has 162 valence electrons. The lowest BCUT2D eigenvalue weighted by Crippen LogP contribution is -2.26. The first-order valence-corrected chi connectivity index (χ1v) is 10.5. The third kappa shape index (κ3) is 4.39. The van der Waals surface area contributed by atoms with Crippen LogP contribution in [0.5, 0.6) is 0 Å². The Morgan fingerprint density at radius 2 is 1.75 bits per heavy atom. The Hall–Kier alpha value is -3.93. The van der Waals surface area contributed by atoms with E-state index in [1.165, 1.54) is 23.8 Å². The first-order valence-electron chi connectivity index (χ1n) is 10.5. The van der Waals surface area contributed by atoms with Crippen molar-refractivity contribution in [2.24, 2.45) is 0 Å². The third-order valence-electron chi connectivity index (χ3n) is 5.66. The minimum absolute atomic E-state index is 0.0866. The highest BCUT2D eigenvalue weighted by atomic mass is 19.1. The van der Waals surface area contributed by atoms with Crippen LogP contribution in [0.1, 0.15) is 46.3 Å². The maximum Gasteiger partial charge on any atom is 0.255 e. The first-order chi connectivity index (χ1) is 15.5. The fourth-order valence-electron chi connectivity index (χ4n) is 3.95. The van der Waals surface area contributed by atoms with Crippen molar-refractivity contribution in [1.82, 2.24) is 5.32 Å². The van der Waals surface area contributed by atoms with E-state index < -0.39 is 11.7 Å². The molecule has 1 aliphatic carbocycles. The van der Waals surface area contributed by atoms with Crippen molar-refractivity contribution in [3.63, 3.8) is 0 Å². The van der Waals surface area contributed by atoms with Gasteiger partial charge in [0, 0.05) is 23.6 Å². The van der Waals surface area contributed by atoms with Crippen molar-refractivity contribution < 1.29 is 14.0 Å². The summed E-state index contributed by atoms with van der Waals surface area (Å²) in [5.74, 6) is -0.854. The van der Waals surface area contributed by atoms with Gasteiger partial charge in [0.05, 0.1) is 11.4 Å². The quantitative estimate of drug-likeness (QED) is 0.489. The van der Waals surface area contributed by atoms with Gasteiger partial charge in [0.1, 0.15) is 5.82 Å². The topological polar surface area (TPSA) is 84.2 Å². The van der Waals surface area contributed by atoms with E-state index in [1.54, 1.807) is 24.3 Å². The molecule has 4 N–H and O–H groups in total. The zero-order chi connectivity index (χ0) is 22.7. The number of hydrogen-bond acceptors (Lipinski definition) is 3. The average molecular weight is 429 g/mol. The van der Waals surface area contributed by atoms with Crippen LogP contribution in [0.15, 0.2) is 72.3 Å². The van der Waals surface area contributed by atoms with Crippen LogP contribution in [0.4, 0.5) is 15.8 Å². The van der Waals surface area contributed by atoms with Gasteiger partial charge in [-0.1, -0.05) is 43.3 Å². The van der Waals surface area contributed by atoms with Gasteiger partial charge in [-0.15, -0.1) is 0 Å². The van der Waals surface area contributed by atoms with Gasteiger partial charge in [-0.2, -0.15) is 0 Å². The SMILES string of the molecule is CCC1C(C(=O)NCc2ccc(C(=O)Nc3cc(F)ccc3N)cc2)=Cc2ccccc21. The van der Waals surface area contributed by atoms with Gasteiger partial charge >= 0.3 is 0 Å². The van der Waals surface area contributed by atoms with Gasteiger partial charge in [-0.3, -0.25) is 9.59 Å². The van der Waals surface area contributed by atoms with E-state index in [-0.39, 0.29) is 23.2 Å². The molecule has 0 bridgehead atoms. The molecule has 6 heteroatoms. The summed E-state index contributed by atoms with van der Waals surface area (Å²) in [5.41, 5.74) is 10.6. The summed E-state index contributed by atoms with van der Waals surface area (Å²) in [6, 6.07) is 18.8. The number of hydrogen-bond donors (Lipinski definition) is 3. The van der Waals surface area contributed by atoms with Gasteiger partial charge < -0.3 is 16.4 Å². The van der Waals surface area contributed by atoms with Crippen molar-refractivity contribution in [2.75, 3.05) is 11.1 Å². The maximum absolute atomic E-state index is 13.4. The van der Waals surface area contributed by atoms with Crippen molar-refractivity contribution in [1.29, 1.82) is 0 Å². The number of nitrogen functional groups attached to an aromatic ring is 1. The van der Waals surface area contributed by atoms with Gasteiger partial charge in [0.2, 0.25) is 5.91 Å². The number of anilines is 2. The van der Waals surface area contributed by atoms with E-state index in [2.05, 4.69) is 23.6 Å². The van der Waals surface area contributed by atoms with Crippen LogP contribution >= 0.6 is 0 Å². The van der Waals surface area contributed by atoms with Crippen LogP contribution in [0.25, 0.3) is 6.08 Å². The largest absolute Gasteiger partial charge is 0.397 e. The summed E-state index contributed by atoms with van der Waals surface area (Å²) in [6.45, 7) is 2.43. The summed E-state index contributed by atoms with van der Waals surface area (Å²) in [6.07, 6.45) is 2.82. The number of fused-ring (bicyclic) bond motifs is 1. The molecule has 0 aromatic heterocycles. The Kier molecular flexibility index (Phi) is 6.03. The molecule has 0 fully saturated rings. The average Bonchev–Trinajstić information content (AvgIpc) is 3.19. The molecule has 0 saturated carbocycles. The fourth-order valence-corrected chi connectivity index (χ4v) is 3.95. The number of carbonyl (C=O) groups excluding carboxylic acids is 2. The molecule has 0 radical (unpaired) electrons. The highest BCUT2D eigenvalue weighted by molar-refractivity contribution is 6.05. The Morgan fingerprint density at radius 3 is 2.50 bits per heavy atom. The Morgan fingerprint density at radius 1 is 1.00 bits per heavy atom. The molecule has 1 aliphatic rings. The third-order valence-corrected chi connectivity index (χ3v) is 5.66. The molecule has 3 aromatic carbocycles. The summed E-state index contributed by atoms with van der Waals surface area (Å²) >= 11 is 0. The van der Waals surface area contributed by atoms with Gasteiger partial charge in [-0.25, -0.2) is 4.39 Å². The Labute approximate surface area is 186 Å². The highest BCUT2D eigenvalue weighted by Gasteiger charge is 2.27. The van der Waals surface area contributed by atoms with Crippen molar-refractivity contribution in [2.45, 2.75) is 25.8 Å². The minimum Gasteiger partial charge on any atom is -0.397 e. The molecule has 32 heavy (non-hydrogen) atoms. The lowest BCUT2D eigenvalue weighted by molar-refractivity contribution is -0.117. The molecule has 5 nitrogen and oxygen atoms in total. The van der Waals surface area contributed by atoms with Crippen LogP contribution in [0.2, 0.25) is 0 Å². The van der Waals surface area contributed by atoms with Crippen LogP contribution in [0, 0.1) is 5.82 Å². The number of amides is 2. The van der Waals surface area contributed by atoms with Crippen LogP contribution in [-0.4, -0.2) is 11.8 Å². The van der Waals surface area contributed by atoms with Crippen LogP contribution < -0.4 is 16.4 Å². The number of nitrogens with two attached hydrogens (primary N) is 1. The number of halogens is 1. The second kappa shape index (κ2) is 9.06. The monoisotopic (exact) mass is 429 g/mol. The summed E-state index contributed by atoms with van der Waals surface area (Å²) in [5, 5.41) is 5.59. The van der Waals surface area contributed by atoms with Crippen molar-refractivity contribution in [3.05, 3.63) is 100 Å². The molecule has 3 aromatic rings. The molecular formula is C26H24FN3O2. The molecule has 0 saturated heterocycles. The van der Waals surface area contributed by atoms with Gasteiger partial charge in [-0.05, 0) is 59.5 Å². The highest BCUT2D eigenvalue weighted by Crippen LogP contribution is 2.38. The number of carbonyl (C=O) groups is 2. The summed E-state index contributed by atoms with van der Waals surface area (Å²) < 4.78 is 13.4. The molecule has 1 atom stereocenters. The zero-order valence-corrected chi connectivity index (χ0v) is 17.7. The van der Waals surface area contributed by atoms with E-state index in [9.17, 15) is 14.0 Å². The first kappa shape index (κ1) is 21.3. The second-order valence-electron chi connectivity index (χ2n) is 7.75. The smallest absolute Gasteiger partial charge is 0.255 e. The number of nitrogens with one attached hydrogen (secondary N) is 2. The molecular weight excluding hydrogens is 405 g/mol. The summed E-state index contributed by atoms with van der Waals surface area (Å²) in [7, 11) is 0. The van der Waals surface area contributed by atoms with Crippen molar-refractivity contribution >= 4 is 29.3 Å². The number of rotatable bonds is 6. The normalized spacial score (nSPS) is 14.4. The predicted molar refractivity (Wildman–Crippen MR) is 125 cm³/mol. The van der Waals surface area contributed by atoms with E-state index in [0.717, 1.165) is 23.1 Å². The van der Waals surface area contributed by atoms with Crippen LogP contribution in [0.3, 0.4) is 0 Å². The standard InChI is InChI=1S/C26H24FN3O2/c1-2-20-21-6-4-3-5-18(21)13-22(20)26(32)29-15-16-7-9-17(10-8-16)25(31)30-24-14-19(27)11-12-23(24)28/h3-14,20H,2,15,28H2,1H3,(H,29,32)(H,30,31). The molecule has 0 spiro atoms. The molecule has 4 rings (SSSR count). The predicted octanol–water partition coefficient (Wildman–Crippen LogP) is 4.87. The van der Waals surface area contributed by atoms with E-state index in [4.69, 9.17) is 5.73 Å². The molecule has 2 amide bonds. The second-order valence-corrected chi connectivity index (χ2v) is 7.75. The van der Waals surface area contributed by atoms with E-state index in [1.807, 2.05) is 24.3 Å². The van der Waals surface area contributed by atoms with Crippen molar-refractivity contribution in [3.8, 4) is 0 Å². The lowest BCUT2D eigenvalue weighted by Gasteiger charge is -2.15. The van der Waals surface area contributed by atoms with Gasteiger partial charge in [0.25, 0.3) is 5.91 Å². The molecule has 0 aliphatic heterocycles. The van der Waals surface area contributed by atoms with Crippen LogP contribution in [-0.2, 0) is 11.3 Å². The lowest BCUT2D eigenvalue weighted by atomic mass is 9.93. The molecule has 1 unspecified atom stereocenters. The van der Waals surface area contributed by atoms with E-state index >= 15 is 0 Å². The van der Waals surface area contributed by atoms with E-state index in [0.29, 0.717) is 12.1 Å². The Balaban J connectivity index is 1.37. The molecule has 0 heterocycles. The zero-order valence-electron chi connectivity index (χ0n) is 17.7. The minimum atomic E-state index is -0.480. The number of benzene rings is 3.